The Labute approximate surface area is 390 Å². The molecular weight excluding hydrogens is 815 g/mol. The largest absolute Gasteiger partial charge is 0.310 e. The summed E-state index contributed by atoms with van der Waals surface area (Å²) in [6.45, 7) is 4.79. The Morgan fingerprint density at radius 1 is 0.364 bits per heavy atom. The Kier molecular flexibility index (Phi) is 8.72. The second kappa shape index (κ2) is 14.9. The van der Waals surface area contributed by atoms with E-state index in [9.17, 15) is 0 Å². The molecule has 1 nitrogen and oxygen atoms in total. The van der Waals surface area contributed by atoms with Crippen LogP contribution in [0.15, 0.2) is 237 Å². The van der Waals surface area contributed by atoms with Crippen LogP contribution in [0.4, 0.5) is 17.1 Å². The second-order valence-corrected chi connectivity index (χ2v) is 19.4. The lowest BCUT2D eigenvalue weighted by atomic mass is 9.68. The molecule has 0 unspecified atom stereocenters. The van der Waals surface area contributed by atoms with Crippen molar-refractivity contribution >= 4 is 48.6 Å². The highest BCUT2D eigenvalue weighted by molar-refractivity contribution is 7.26. The number of hydrogen-bond donors (Lipinski definition) is 0. The van der Waals surface area contributed by atoms with E-state index in [-0.39, 0.29) is 5.41 Å². The van der Waals surface area contributed by atoms with Gasteiger partial charge in [0.2, 0.25) is 0 Å². The van der Waals surface area contributed by atoms with Crippen LogP contribution in [0.25, 0.3) is 64.7 Å². The summed E-state index contributed by atoms with van der Waals surface area (Å²) in [6.07, 6.45) is 0. The fourth-order valence-corrected chi connectivity index (χ4v) is 12.8. The molecule has 11 aromatic rings. The Hall–Kier alpha value is -7.78. The topological polar surface area (TPSA) is 3.24 Å². The normalized spacial score (nSPS) is 13.8. The molecule has 0 atom stereocenters. The van der Waals surface area contributed by atoms with Crippen molar-refractivity contribution in [3.05, 3.63) is 270 Å². The minimum atomic E-state index is -0.513. The zero-order chi connectivity index (χ0) is 44.0. The Bertz CT molecular complexity index is 3620. The molecule has 0 N–H and O–H groups in total. The lowest BCUT2D eigenvalue weighted by Crippen LogP contribution is -2.28. The van der Waals surface area contributed by atoms with Crippen molar-refractivity contribution in [2.75, 3.05) is 4.90 Å². The van der Waals surface area contributed by atoms with Gasteiger partial charge in [-0.3, -0.25) is 0 Å². The molecule has 0 aliphatic heterocycles. The van der Waals surface area contributed by atoms with Crippen molar-refractivity contribution < 1.29 is 0 Å². The average molecular weight is 860 g/mol. The SMILES string of the molecule is CC1(C)c2cc(-c3ccccc3)ccc2-c2ccc(N(c3ccc(-c4cccc5c4sc4ccccc45)cc3)c3cccc4c3-c3ccccc3C4(c3ccccc3)c3ccccc3)cc21. The fourth-order valence-electron chi connectivity index (χ4n) is 11.5. The van der Waals surface area contributed by atoms with E-state index in [1.165, 1.54) is 98.1 Å². The molecule has 1 heterocycles. The third kappa shape index (κ3) is 5.65. The summed E-state index contributed by atoms with van der Waals surface area (Å²) in [7, 11) is 0. The first-order valence-corrected chi connectivity index (χ1v) is 23.8. The number of anilines is 3. The van der Waals surface area contributed by atoms with Crippen LogP contribution in [-0.2, 0) is 10.8 Å². The minimum absolute atomic E-state index is 0.217. The maximum absolute atomic E-state index is 2.53. The number of nitrogens with zero attached hydrogens (tertiary/aromatic N) is 1. The van der Waals surface area contributed by atoms with Crippen molar-refractivity contribution in [2.24, 2.45) is 0 Å². The molecule has 0 saturated heterocycles. The average Bonchev–Trinajstić information content (AvgIpc) is 3.99. The van der Waals surface area contributed by atoms with E-state index in [4.69, 9.17) is 0 Å². The van der Waals surface area contributed by atoms with Gasteiger partial charge in [0.25, 0.3) is 0 Å². The molecule has 0 saturated carbocycles. The molecule has 0 fully saturated rings. The van der Waals surface area contributed by atoms with Crippen LogP contribution in [0, 0.1) is 0 Å². The predicted molar refractivity (Wildman–Crippen MR) is 280 cm³/mol. The smallest absolute Gasteiger partial charge is 0.0714 e. The van der Waals surface area contributed by atoms with Gasteiger partial charge in [-0.2, -0.15) is 0 Å². The van der Waals surface area contributed by atoms with E-state index in [2.05, 4.69) is 255 Å². The van der Waals surface area contributed by atoms with E-state index in [0.717, 1.165) is 17.1 Å². The Morgan fingerprint density at radius 2 is 0.924 bits per heavy atom. The van der Waals surface area contributed by atoms with E-state index < -0.39 is 5.41 Å². The lowest BCUT2D eigenvalue weighted by molar-refractivity contribution is 0.660. The van der Waals surface area contributed by atoms with E-state index in [0.29, 0.717) is 0 Å². The molecule has 0 radical (unpaired) electrons. The summed E-state index contributed by atoms with van der Waals surface area (Å²) in [4.78, 5) is 2.53. The van der Waals surface area contributed by atoms with Crippen LogP contribution in [0.5, 0.6) is 0 Å². The van der Waals surface area contributed by atoms with Gasteiger partial charge in [0.1, 0.15) is 0 Å². The molecule has 13 rings (SSSR count). The van der Waals surface area contributed by atoms with Gasteiger partial charge in [-0.25, -0.2) is 0 Å². The number of hydrogen-bond acceptors (Lipinski definition) is 2. The summed E-state index contributed by atoms with van der Waals surface area (Å²) >= 11 is 1.89. The molecular formula is C64H45NS. The van der Waals surface area contributed by atoms with Gasteiger partial charge < -0.3 is 4.90 Å². The summed E-state index contributed by atoms with van der Waals surface area (Å²) in [5.74, 6) is 0. The van der Waals surface area contributed by atoms with Gasteiger partial charge in [-0.15, -0.1) is 11.3 Å². The highest BCUT2D eigenvalue weighted by Crippen LogP contribution is 2.60. The van der Waals surface area contributed by atoms with Crippen molar-refractivity contribution in [1.82, 2.24) is 0 Å². The van der Waals surface area contributed by atoms with Crippen molar-refractivity contribution in [3.63, 3.8) is 0 Å². The van der Waals surface area contributed by atoms with Gasteiger partial charge in [0.15, 0.2) is 0 Å². The highest BCUT2D eigenvalue weighted by atomic mass is 32.1. The molecule has 2 heteroatoms. The molecule has 10 aromatic carbocycles. The van der Waals surface area contributed by atoms with E-state index >= 15 is 0 Å². The third-order valence-electron chi connectivity index (χ3n) is 14.6. The molecule has 312 valence electrons. The van der Waals surface area contributed by atoms with Crippen LogP contribution < -0.4 is 4.90 Å². The first-order chi connectivity index (χ1) is 32.5. The highest BCUT2D eigenvalue weighted by Gasteiger charge is 2.47. The lowest BCUT2D eigenvalue weighted by Gasteiger charge is -2.34. The van der Waals surface area contributed by atoms with Crippen LogP contribution in [0.2, 0.25) is 0 Å². The second-order valence-electron chi connectivity index (χ2n) is 18.4. The molecule has 2 aliphatic carbocycles. The van der Waals surface area contributed by atoms with E-state index in [1.807, 2.05) is 11.3 Å². The van der Waals surface area contributed by atoms with Gasteiger partial charge in [0.05, 0.1) is 11.1 Å². The standard InChI is InChI=1S/C64H45NS/c1-63(2)57-40-44(42-18-6-3-7-19-42)34-38-50(57)51-39-37-48(41-58(51)63)65(47-35-32-43(33-36-47)49-26-16-27-53-52-24-13-15-31-60(52)66-62(49)53)59-30-17-29-56-61(59)54-25-12-14-28-55(54)64(56,45-20-8-4-9-21-45)46-22-10-5-11-23-46/h3-41H,1-2H3. The number of benzene rings is 10. The van der Waals surface area contributed by atoms with Crippen molar-refractivity contribution in [1.29, 1.82) is 0 Å². The third-order valence-corrected chi connectivity index (χ3v) is 15.8. The summed E-state index contributed by atoms with van der Waals surface area (Å²) in [6, 6.07) is 88.2. The number of rotatable bonds is 7. The Morgan fingerprint density at radius 3 is 1.68 bits per heavy atom. The van der Waals surface area contributed by atoms with Crippen LogP contribution in [-0.4, -0.2) is 0 Å². The summed E-state index contributed by atoms with van der Waals surface area (Å²) in [5, 5.41) is 2.63. The summed E-state index contributed by atoms with van der Waals surface area (Å²) < 4.78 is 2.65. The maximum atomic E-state index is 2.53. The number of fused-ring (bicyclic) bond motifs is 9. The molecule has 1 aromatic heterocycles. The fraction of sp³-hybridized carbons (Fsp3) is 0.0625. The van der Waals surface area contributed by atoms with Crippen LogP contribution >= 0.6 is 11.3 Å². The molecule has 0 spiro atoms. The van der Waals surface area contributed by atoms with Gasteiger partial charge in [0, 0.05) is 42.5 Å². The molecule has 0 bridgehead atoms. The first-order valence-electron chi connectivity index (χ1n) is 23.0. The molecule has 0 amide bonds. The first kappa shape index (κ1) is 38.7. The van der Waals surface area contributed by atoms with Gasteiger partial charge >= 0.3 is 0 Å². The van der Waals surface area contributed by atoms with Crippen LogP contribution in [0.3, 0.4) is 0 Å². The molecule has 2 aliphatic rings. The van der Waals surface area contributed by atoms with Crippen molar-refractivity contribution in [2.45, 2.75) is 24.7 Å². The number of thiophene rings is 1. The van der Waals surface area contributed by atoms with Crippen LogP contribution in [0.1, 0.15) is 47.2 Å². The van der Waals surface area contributed by atoms with E-state index in [1.54, 1.807) is 0 Å². The predicted octanol–water partition coefficient (Wildman–Crippen LogP) is 17.5. The molecule has 66 heavy (non-hydrogen) atoms. The zero-order valence-electron chi connectivity index (χ0n) is 36.9. The quantitative estimate of drug-likeness (QED) is 0.154. The van der Waals surface area contributed by atoms with Gasteiger partial charge in [-0.1, -0.05) is 208 Å². The minimum Gasteiger partial charge on any atom is -0.310 e. The maximum Gasteiger partial charge on any atom is 0.0714 e. The zero-order valence-corrected chi connectivity index (χ0v) is 37.7. The summed E-state index contributed by atoms with van der Waals surface area (Å²) in [5.41, 5.74) is 20.6. The van der Waals surface area contributed by atoms with Gasteiger partial charge in [-0.05, 0) is 115 Å². The van der Waals surface area contributed by atoms with Crippen molar-refractivity contribution in [3.8, 4) is 44.5 Å². The monoisotopic (exact) mass is 859 g/mol. The Balaban J connectivity index is 1.03.